The number of pyridine rings is 1. The number of hydrogen-bond donors (Lipinski definition) is 0. The molecule has 1 fully saturated rings. The molecule has 0 aliphatic carbocycles. The molecule has 2 aromatic carbocycles. The van der Waals surface area contributed by atoms with Gasteiger partial charge in [0.05, 0.1) is 24.6 Å². The van der Waals surface area contributed by atoms with Crippen molar-refractivity contribution in [3.8, 4) is 22.4 Å². The van der Waals surface area contributed by atoms with Crippen LogP contribution >= 0.6 is 0 Å². The molecule has 0 spiro atoms. The number of benzene rings is 2. The normalized spacial score (nSPS) is 15.1. The van der Waals surface area contributed by atoms with Gasteiger partial charge in [0.15, 0.2) is 0 Å². The number of hydrogen-bond acceptors (Lipinski definition) is 3. The van der Waals surface area contributed by atoms with Gasteiger partial charge >= 0.3 is 0 Å². The minimum atomic E-state index is -0.237. The maximum absolute atomic E-state index is 13.5. The van der Waals surface area contributed by atoms with Gasteiger partial charge in [-0.2, -0.15) is 0 Å². The molecule has 4 nitrogen and oxygen atoms in total. The van der Waals surface area contributed by atoms with Crippen molar-refractivity contribution >= 4 is 5.65 Å². The van der Waals surface area contributed by atoms with E-state index in [1.165, 1.54) is 17.7 Å². The third-order valence-electron chi connectivity index (χ3n) is 5.42. The Morgan fingerprint density at radius 2 is 1.55 bits per heavy atom. The van der Waals surface area contributed by atoms with Gasteiger partial charge in [0.25, 0.3) is 0 Å². The highest BCUT2D eigenvalue weighted by molar-refractivity contribution is 5.70. The molecule has 1 saturated heterocycles. The van der Waals surface area contributed by atoms with Crippen LogP contribution in [-0.2, 0) is 11.3 Å². The zero-order valence-corrected chi connectivity index (χ0v) is 16.1. The van der Waals surface area contributed by atoms with E-state index in [9.17, 15) is 4.39 Å². The first-order valence-corrected chi connectivity index (χ1v) is 9.90. The average molecular weight is 387 g/mol. The summed E-state index contributed by atoms with van der Waals surface area (Å²) < 4.78 is 21.2. The summed E-state index contributed by atoms with van der Waals surface area (Å²) >= 11 is 0. The highest BCUT2D eigenvalue weighted by Gasteiger charge is 2.19. The Hall–Kier alpha value is -3.02. The summed E-state index contributed by atoms with van der Waals surface area (Å²) in [6.07, 6.45) is 2.15. The molecule has 4 aromatic rings. The van der Waals surface area contributed by atoms with E-state index in [0.29, 0.717) is 0 Å². The van der Waals surface area contributed by atoms with Crippen LogP contribution in [0.3, 0.4) is 0 Å². The molecule has 1 aliphatic rings. The van der Waals surface area contributed by atoms with E-state index in [1.807, 2.05) is 18.2 Å². The van der Waals surface area contributed by atoms with Crippen LogP contribution in [0.25, 0.3) is 28.0 Å². The number of nitrogens with zero attached hydrogens (tertiary/aromatic N) is 3. The summed E-state index contributed by atoms with van der Waals surface area (Å²) in [4.78, 5) is 7.28. The summed E-state index contributed by atoms with van der Waals surface area (Å²) in [5.41, 5.74) is 6.16. The van der Waals surface area contributed by atoms with Gasteiger partial charge in [-0.15, -0.1) is 0 Å². The monoisotopic (exact) mass is 387 g/mol. The molecule has 0 N–H and O–H groups in total. The molecule has 5 rings (SSSR count). The topological polar surface area (TPSA) is 29.8 Å². The first kappa shape index (κ1) is 18.0. The van der Waals surface area contributed by atoms with Crippen molar-refractivity contribution in [2.75, 3.05) is 26.3 Å². The second-order valence-electron chi connectivity index (χ2n) is 7.31. The molecule has 0 atom stereocenters. The van der Waals surface area contributed by atoms with Crippen molar-refractivity contribution < 1.29 is 9.13 Å². The number of rotatable bonds is 4. The van der Waals surface area contributed by atoms with E-state index >= 15 is 0 Å². The third-order valence-corrected chi connectivity index (χ3v) is 5.42. The van der Waals surface area contributed by atoms with E-state index < -0.39 is 0 Å². The van der Waals surface area contributed by atoms with Gasteiger partial charge < -0.3 is 9.14 Å². The van der Waals surface area contributed by atoms with Crippen molar-refractivity contribution in [3.05, 3.63) is 84.4 Å². The fourth-order valence-electron chi connectivity index (χ4n) is 3.86. The minimum absolute atomic E-state index is 0.237. The van der Waals surface area contributed by atoms with Crippen molar-refractivity contribution in [1.82, 2.24) is 14.3 Å². The molecule has 5 heteroatoms. The van der Waals surface area contributed by atoms with Gasteiger partial charge in [-0.05, 0) is 47.5 Å². The predicted molar refractivity (Wildman–Crippen MR) is 112 cm³/mol. The number of halogens is 1. The van der Waals surface area contributed by atoms with Crippen LogP contribution in [0.2, 0.25) is 0 Å². The molecule has 146 valence electrons. The highest BCUT2D eigenvalue weighted by Crippen LogP contribution is 2.28. The van der Waals surface area contributed by atoms with E-state index in [0.717, 1.165) is 61.0 Å². The molecule has 1 aliphatic heterocycles. The van der Waals surface area contributed by atoms with E-state index in [2.05, 4.69) is 39.8 Å². The highest BCUT2D eigenvalue weighted by atomic mass is 19.1. The lowest BCUT2D eigenvalue weighted by atomic mass is 10.1. The van der Waals surface area contributed by atoms with Crippen molar-refractivity contribution in [3.63, 3.8) is 0 Å². The second-order valence-corrected chi connectivity index (χ2v) is 7.31. The lowest BCUT2D eigenvalue weighted by Gasteiger charge is -2.26. The molecular weight excluding hydrogens is 365 g/mol. The Kier molecular flexibility index (Phi) is 4.84. The maximum atomic E-state index is 13.5. The maximum Gasteiger partial charge on any atom is 0.137 e. The predicted octanol–water partition coefficient (Wildman–Crippen LogP) is 4.64. The molecule has 29 heavy (non-hydrogen) atoms. The molecule has 2 aromatic heterocycles. The summed E-state index contributed by atoms with van der Waals surface area (Å²) in [6, 6.07) is 21.1. The molecule has 0 bridgehead atoms. The molecule has 0 radical (unpaired) electrons. The molecule has 0 amide bonds. The first-order valence-electron chi connectivity index (χ1n) is 9.90. The Morgan fingerprint density at radius 1 is 0.828 bits per heavy atom. The summed E-state index contributed by atoms with van der Waals surface area (Å²) in [5.74, 6) is -0.237. The Labute approximate surface area is 169 Å². The lowest BCUT2D eigenvalue weighted by Crippen LogP contribution is -2.36. The largest absolute Gasteiger partial charge is 0.379 e. The molecule has 0 saturated carbocycles. The SMILES string of the molecule is Fc1ccc(-c2nc3ccc(-c4ccccc4)cn3c2CN2CCOCC2)cc1. The van der Waals surface area contributed by atoms with Crippen LogP contribution < -0.4 is 0 Å². The van der Waals surface area contributed by atoms with Gasteiger partial charge in [0.1, 0.15) is 11.5 Å². The Balaban J connectivity index is 1.64. The number of morpholine rings is 1. The number of ether oxygens (including phenoxy) is 1. The lowest BCUT2D eigenvalue weighted by molar-refractivity contribution is 0.0336. The number of aromatic nitrogens is 2. The summed E-state index contributed by atoms with van der Waals surface area (Å²) in [7, 11) is 0. The van der Waals surface area contributed by atoms with Gasteiger partial charge in [0, 0.05) is 31.4 Å². The Bertz CT molecular complexity index is 1120. The first-order chi connectivity index (χ1) is 14.3. The van der Waals surface area contributed by atoms with Gasteiger partial charge in [-0.3, -0.25) is 4.90 Å². The van der Waals surface area contributed by atoms with Gasteiger partial charge in [-0.25, -0.2) is 9.37 Å². The van der Waals surface area contributed by atoms with Crippen LogP contribution in [0.5, 0.6) is 0 Å². The zero-order valence-electron chi connectivity index (χ0n) is 16.1. The van der Waals surface area contributed by atoms with Crippen LogP contribution in [-0.4, -0.2) is 40.6 Å². The molecular formula is C24H22FN3O. The number of imidazole rings is 1. The van der Waals surface area contributed by atoms with E-state index in [-0.39, 0.29) is 5.82 Å². The summed E-state index contributed by atoms with van der Waals surface area (Å²) in [5, 5.41) is 0. The standard InChI is InChI=1S/C24H22FN3O/c25-21-9-6-19(7-10-21)24-22(17-27-12-14-29-15-13-27)28-16-20(8-11-23(28)26-24)18-4-2-1-3-5-18/h1-11,16H,12-15,17H2. The van der Waals surface area contributed by atoms with Crippen LogP contribution in [0.4, 0.5) is 4.39 Å². The quantitative estimate of drug-likeness (QED) is 0.511. The fourth-order valence-corrected chi connectivity index (χ4v) is 3.86. The van der Waals surface area contributed by atoms with Crippen molar-refractivity contribution in [2.24, 2.45) is 0 Å². The third kappa shape index (κ3) is 3.67. The number of fused-ring (bicyclic) bond motifs is 1. The molecule has 0 unspecified atom stereocenters. The Morgan fingerprint density at radius 3 is 2.31 bits per heavy atom. The van der Waals surface area contributed by atoms with E-state index in [1.54, 1.807) is 12.1 Å². The van der Waals surface area contributed by atoms with Crippen molar-refractivity contribution in [2.45, 2.75) is 6.54 Å². The van der Waals surface area contributed by atoms with Crippen LogP contribution in [0, 0.1) is 5.82 Å². The van der Waals surface area contributed by atoms with Crippen LogP contribution in [0.1, 0.15) is 5.69 Å². The van der Waals surface area contributed by atoms with Gasteiger partial charge in [0.2, 0.25) is 0 Å². The summed E-state index contributed by atoms with van der Waals surface area (Å²) in [6.45, 7) is 4.06. The van der Waals surface area contributed by atoms with Crippen LogP contribution in [0.15, 0.2) is 72.9 Å². The second kappa shape index (κ2) is 7.78. The molecule has 3 heterocycles. The zero-order chi connectivity index (χ0) is 19.6. The van der Waals surface area contributed by atoms with Gasteiger partial charge in [-0.1, -0.05) is 30.3 Å². The van der Waals surface area contributed by atoms with E-state index in [4.69, 9.17) is 9.72 Å². The fraction of sp³-hybridized carbons (Fsp3) is 0.208. The minimum Gasteiger partial charge on any atom is -0.379 e. The smallest absolute Gasteiger partial charge is 0.137 e. The average Bonchev–Trinajstić information content (AvgIpc) is 3.13. The van der Waals surface area contributed by atoms with Crippen molar-refractivity contribution in [1.29, 1.82) is 0 Å².